The van der Waals surface area contributed by atoms with E-state index in [1.807, 2.05) is 18.2 Å². The number of allylic oxidation sites excluding steroid dienone is 4. The predicted octanol–water partition coefficient (Wildman–Crippen LogP) is 9.91. The first-order chi connectivity index (χ1) is 20.1. The summed E-state index contributed by atoms with van der Waals surface area (Å²) in [5.41, 5.74) is 1.33. The Morgan fingerprint density at radius 2 is 1.70 bits per heavy atom. The zero-order chi connectivity index (χ0) is 31.5. The molecule has 1 aliphatic heterocycles. The van der Waals surface area contributed by atoms with Gasteiger partial charge in [-0.15, -0.1) is 0 Å². The van der Waals surface area contributed by atoms with Crippen molar-refractivity contribution in [2.75, 3.05) is 13.1 Å². The molecule has 0 spiro atoms. The number of halogens is 2. The third-order valence-corrected chi connectivity index (χ3v) is 9.81. The van der Waals surface area contributed by atoms with E-state index in [2.05, 4.69) is 104 Å². The smallest absolute Gasteiger partial charge is 0.154 e. The monoisotopic (exact) mass is 604 g/mol. The zero-order valence-electron chi connectivity index (χ0n) is 27.1. The van der Waals surface area contributed by atoms with E-state index in [0.29, 0.717) is 25.2 Å². The van der Waals surface area contributed by atoms with Crippen molar-refractivity contribution < 1.29 is 8.78 Å². The van der Waals surface area contributed by atoms with Crippen LogP contribution in [0.3, 0.4) is 0 Å². The second kappa shape index (κ2) is 13.1. The number of nitrogens with zero attached hydrogens (tertiary/aromatic N) is 1. The summed E-state index contributed by atoms with van der Waals surface area (Å²) in [4.78, 5) is 3.36. The summed E-state index contributed by atoms with van der Waals surface area (Å²) >= 11 is 1.28. The van der Waals surface area contributed by atoms with Crippen LogP contribution in [0.2, 0.25) is 0 Å². The molecule has 3 unspecified atom stereocenters. The van der Waals surface area contributed by atoms with Crippen LogP contribution < -0.4 is 5.32 Å². The zero-order valence-corrected chi connectivity index (χ0v) is 27.9. The van der Waals surface area contributed by atoms with Gasteiger partial charge in [0.15, 0.2) is 5.00 Å². The highest BCUT2D eigenvalue weighted by molar-refractivity contribution is 8.04. The minimum Gasteiger partial charge on any atom is -0.361 e. The number of likely N-dealkylation sites (tertiary alicyclic amines) is 1. The van der Waals surface area contributed by atoms with Crippen molar-refractivity contribution >= 4 is 11.8 Å². The molecule has 0 amide bonds. The SMILES string of the molecule is C=C(NC(Cc1ccccc1)(c1cccc(CC(C)(C)F)c1)C1C=C/C=C\C/C(SC(C)(C)F)=C\1)N1CC(C)C(C)(C)C1. The normalized spacial score (nSPS) is 23.9. The molecule has 1 aliphatic carbocycles. The van der Waals surface area contributed by atoms with Gasteiger partial charge in [-0.2, -0.15) is 0 Å². The summed E-state index contributed by atoms with van der Waals surface area (Å²) in [6.45, 7) is 19.9. The van der Waals surface area contributed by atoms with Gasteiger partial charge in [0, 0.05) is 31.8 Å². The molecule has 232 valence electrons. The molecule has 1 heterocycles. The van der Waals surface area contributed by atoms with Crippen molar-refractivity contribution in [1.29, 1.82) is 0 Å². The third kappa shape index (κ3) is 8.88. The quantitative estimate of drug-likeness (QED) is 0.275. The predicted molar refractivity (Wildman–Crippen MR) is 181 cm³/mol. The Morgan fingerprint density at radius 1 is 1.00 bits per heavy atom. The number of alkyl halides is 2. The lowest BCUT2D eigenvalue weighted by Crippen LogP contribution is -2.51. The maximum absolute atomic E-state index is 15.0. The molecule has 5 heteroatoms. The van der Waals surface area contributed by atoms with Gasteiger partial charge in [0.05, 0.1) is 11.4 Å². The van der Waals surface area contributed by atoms with Crippen molar-refractivity contribution in [2.24, 2.45) is 17.3 Å². The van der Waals surface area contributed by atoms with E-state index in [1.54, 1.807) is 27.7 Å². The number of hydrogen-bond acceptors (Lipinski definition) is 3. The molecule has 43 heavy (non-hydrogen) atoms. The first kappa shape index (κ1) is 33.1. The van der Waals surface area contributed by atoms with Crippen molar-refractivity contribution in [3.05, 3.63) is 119 Å². The Morgan fingerprint density at radius 3 is 2.33 bits per heavy atom. The van der Waals surface area contributed by atoms with Gasteiger partial charge >= 0.3 is 0 Å². The summed E-state index contributed by atoms with van der Waals surface area (Å²) in [5, 5.41) is 2.60. The molecule has 0 bridgehead atoms. The molecule has 1 fully saturated rings. The molecule has 2 aliphatic rings. The standard InChI is InChI=1S/C38H50F2N2S/c1-28-26-42(27-35(28,3)4)29(2)41-38(25-30-16-11-9-12-17-30,32-20-15-18-31(22-32)24-36(5,6)39)33-19-13-10-14-21-34(23-33)43-37(7,8)40/h9-20,22-23,28,33,41H,2,21,24-27H2,1,3-8H3/b14-10-,19-13?,34-23+. The highest BCUT2D eigenvalue weighted by Crippen LogP contribution is 2.43. The molecule has 0 radical (unpaired) electrons. The van der Waals surface area contributed by atoms with Gasteiger partial charge in [-0.05, 0) is 67.0 Å². The molecule has 0 aromatic heterocycles. The van der Waals surface area contributed by atoms with Crippen LogP contribution in [0, 0.1) is 17.3 Å². The first-order valence-electron chi connectivity index (χ1n) is 15.5. The summed E-state index contributed by atoms with van der Waals surface area (Å²) in [5.74, 6) is 1.25. The largest absolute Gasteiger partial charge is 0.361 e. The number of thioether (sulfide) groups is 1. The van der Waals surface area contributed by atoms with Gasteiger partial charge < -0.3 is 10.2 Å². The van der Waals surface area contributed by atoms with Crippen LogP contribution in [-0.4, -0.2) is 28.7 Å². The van der Waals surface area contributed by atoms with E-state index in [4.69, 9.17) is 0 Å². The lowest BCUT2D eigenvalue weighted by molar-refractivity contribution is 0.216. The van der Waals surface area contributed by atoms with E-state index in [0.717, 1.165) is 34.9 Å². The van der Waals surface area contributed by atoms with Crippen LogP contribution in [0.1, 0.15) is 71.6 Å². The Hall–Kier alpha value is -2.79. The molecule has 4 rings (SSSR count). The molecule has 1 saturated heterocycles. The van der Waals surface area contributed by atoms with Gasteiger partial charge in [-0.1, -0.05) is 124 Å². The van der Waals surface area contributed by atoms with E-state index < -0.39 is 16.2 Å². The van der Waals surface area contributed by atoms with Crippen molar-refractivity contribution in [3.63, 3.8) is 0 Å². The van der Waals surface area contributed by atoms with Crippen LogP contribution >= 0.6 is 11.8 Å². The fraction of sp³-hybridized carbons (Fsp3) is 0.474. The average molecular weight is 605 g/mol. The number of nitrogens with one attached hydrogen (secondary N) is 1. The fourth-order valence-corrected chi connectivity index (χ4v) is 7.29. The Labute approximate surface area is 263 Å². The van der Waals surface area contributed by atoms with Gasteiger partial charge in [-0.25, -0.2) is 8.78 Å². The Bertz CT molecular complexity index is 1350. The van der Waals surface area contributed by atoms with Gasteiger partial charge in [-0.3, -0.25) is 0 Å². The minimum atomic E-state index is -1.41. The molecule has 0 saturated carbocycles. The molecule has 2 aromatic carbocycles. The maximum atomic E-state index is 15.0. The number of rotatable bonds is 11. The maximum Gasteiger partial charge on any atom is 0.154 e. The van der Waals surface area contributed by atoms with Gasteiger partial charge in [0.1, 0.15) is 5.67 Å². The van der Waals surface area contributed by atoms with Crippen LogP contribution in [0.4, 0.5) is 8.78 Å². The average Bonchev–Trinajstić information content (AvgIpc) is 3.16. The highest BCUT2D eigenvalue weighted by Gasteiger charge is 2.43. The molecule has 1 N–H and O–H groups in total. The topological polar surface area (TPSA) is 15.3 Å². The summed E-state index contributed by atoms with van der Waals surface area (Å²) < 4.78 is 30.0. The summed E-state index contributed by atoms with van der Waals surface area (Å²) in [6, 6.07) is 18.8. The lowest BCUT2D eigenvalue weighted by atomic mass is 9.72. The second-order valence-corrected chi connectivity index (χ2v) is 15.9. The molecule has 2 aromatic rings. The molecule has 2 nitrogen and oxygen atoms in total. The lowest BCUT2D eigenvalue weighted by Gasteiger charge is -2.44. The Balaban J connectivity index is 1.92. The van der Waals surface area contributed by atoms with E-state index in [-0.39, 0.29) is 11.3 Å². The minimum absolute atomic E-state index is 0.152. The molecule has 3 atom stereocenters. The van der Waals surface area contributed by atoms with Gasteiger partial charge in [0.25, 0.3) is 0 Å². The van der Waals surface area contributed by atoms with Crippen LogP contribution in [0.25, 0.3) is 0 Å². The summed E-state index contributed by atoms with van der Waals surface area (Å²) in [7, 11) is 0. The fourth-order valence-electron chi connectivity index (χ4n) is 6.27. The van der Waals surface area contributed by atoms with Crippen molar-refractivity contribution in [2.45, 2.75) is 83.9 Å². The second-order valence-electron chi connectivity index (χ2n) is 14.2. The number of benzene rings is 2. The van der Waals surface area contributed by atoms with Crippen molar-refractivity contribution in [3.8, 4) is 0 Å². The first-order valence-corrected chi connectivity index (χ1v) is 16.3. The highest BCUT2D eigenvalue weighted by atomic mass is 32.2. The molecular formula is C38H50F2N2S. The van der Waals surface area contributed by atoms with Crippen LogP contribution in [-0.2, 0) is 18.4 Å². The van der Waals surface area contributed by atoms with Crippen LogP contribution in [0.15, 0.2) is 102 Å². The van der Waals surface area contributed by atoms with Crippen molar-refractivity contribution in [1.82, 2.24) is 10.2 Å². The molecular weight excluding hydrogens is 554 g/mol. The van der Waals surface area contributed by atoms with Crippen LogP contribution in [0.5, 0.6) is 0 Å². The number of hydrogen-bond donors (Lipinski definition) is 1. The van der Waals surface area contributed by atoms with E-state index in [1.165, 1.54) is 17.3 Å². The van der Waals surface area contributed by atoms with Gasteiger partial charge in [0.2, 0.25) is 0 Å². The summed E-state index contributed by atoms with van der Waals surface area (Å²) in [6.07, 6.45) is 12.3. The van der Waals surface area contributed by atoms with E-state index in [9.17, 15) is 4.39 Å². The Kier molecular flexibility index (Phi) is 10.1. The third-order valence-electron chi connectivity index (χ3n) is 8.76. The van der Waals surface area contributed by atoms with E-state index >= 15 is 4.39 Å².